The fourth-order valence-corrected chi connectivity index (χ4v) is 2.57. The molecule has 1 aliphatic heterocycles. The largest absolute Gasteiger partial charge is 0.330 e. The van der Waals surface area contributed by atoms with Crippen LogP contribution in [0.15, 0.2) is 18.2 Å². The van der Waals surface area contributed by atoms with Crippen molar-refractivity contribution in [1.82, 2.24) is 4.90 Å². The van der Waals surface area contributed by atoms with Crippen LogP contribution in [0.3, 0.4) is 0 Å². The number of likely N-dealkylation sites (tertiary alicyclic amines) is 1. The highest BCUT2D eigenvalue weighted by Crippen LogP contribution is 2.22. The topological polar surface area (TPSA) is 29.3 Å². The first-order chi connectivity index (χ1) is 8.69. The van der Waals surface area contributed by atoms with Gasteiger partial charge in [-0.05, 0) is 63.0 Å². The van der Waals surface area contributed by atoms with Gasteiger partial charge in [0.05, 0.1) is 0 Å². The van der Waals surface area contributed by atoms with Crippen LogP contribution in [0, 0.1) is 17.6 Å². The van der Waals surface area contributed by atoms with Crippen molar-refractivity contribution < 1.29 is 8.78 Å². The molecule has 0 aromatic heterocycles. The Morgan fingerprint density at radius 3 is 2.61 bits per heavy atom. The molecule has 1 aromatic rings. The van der Waals surface area contributed by atoms with E-state index in [1.807, 2.05) is 0 Å². The molecule has 1 aliphatic rings. The second-order valence-electron chi connectivity index (χ2n) is 5.03. The van der Waals surface area contributed by atoms with Gasteiger partial charge in [-0.3, -0.25) is 4.90 Å². The number of benzene rings is 1. The van der Waals surface area contributed by atoms with Crippen molar-refractivity contribution in [2.24, 2.45) is 11.7 Å². The molecule has 1 saturated heterocycles. The van der Waals surface area contributed by atoms with Crippen molar-refractivity contribution in [3.05, 3.63) is 35.4 Å². The molecule has 0 spiro atoms. The number of rotatable bonds is 4. The Morgan fingerprint density at radius 1 is 1.22 bits per heavy atom. The lowest BCUT2D eigenvalue weighted by atomic mass is 9.93. The van der Waals surface area contributed by atoms with Crippen LogP contribution in [0.1, 0.15) is 24.8 Å². The van der Waals surface area contributed by atoms with Gasteiger partial charge in [0.1, 0.15) is 11.6 Å². The van der Waals surface area contributed by atoms with Gasteiger partial charge in [0.25, 0.3) is 0 Å². The third-order valence-electron chi connectivity index (χ3n) is 3.68. The molecule has 2 rings (SSSR count). The molecule has 0 radical (unpaired) electrons. The molecule has 0 amide bonds. The minimum absolute atomic E-state index is 0.319. The van der Waals surface area contributed by atoms with E-state index in [9.17, 15) is 8.78 Å². The first-order valence-corrected chi connectivity index (χ1v) is 6.55. The highest BCUT2D eigenvalue weighted by atomic mass is 19.1. The van der Waals surface area contributed by atoms with Gasteiger partial charge < -0.3 is 5.73 Å². The van der Waals surface area contributed by atoms with E-state index < -0.39 is 0 Å². The monoisotopic (exact) mass is 254 g/mol. The molecular formula is C14H20F2N2. The molecule has 0 bridgehead atoms. The predicted molar refractivity (Wildman–Crippen MR) is 68.0 cm³/mol. The molecule has 2 nitrogen and oxygen atoms in total. The van der Waals surface area contributed by atoms with Crippen LogP contribution in [-0.2, 0) is 6.54 Å². The molecule has 1 aromatic carbocycles. The summed E-state index contributed by atoms with van der Waals surface area (Å²) in [6, 6.07) is 3.65. The van der Waals surface area contributed by atoms with Crippen molar-refractivity contribution in [2.75, 3.05) is 19.6 Å². The van der Waals surface area contributed by atoms with Gasteiger partial charge in [0, 0.05) is 12.1 Å². The summed E-state index contributed by atoms with van der Waals surface area (Å²) >= 11 is 0. The van der Waals surface area contributed by atoms with Crippen LogP contribution >= 0.6 is 0 Å². The van der Waals surface area contributed by atoms with Crippen molar-refractivity contribution in [3.8, 4) is 0 Å². The summed E-state index contributed by atoms with van der Waals surface area (Å²) in [6.07, 6.45) is 3.28. The van der Waals surface area contributed by atoms with Crippen molar-refractivity contribution in [2.45, 2.75) is 25.8 Å². The van der Waals surface area contributed by atoms with Crippen LogP contribution in [0.4, 0.5) is 8.78 Å². The van der Waals surface area contributed by atoms with Crippen molar-refractivity contribution >= 4 is 0 Å². The summed E-state index contributed by atoms with van der Waals surface area (Å²) < 4.78 is 26.6. The van der Waals surface area contributed by atoms with Crippen LogP contribution in [0.5, 0.6) is 0 Å². The van der Waals surface area contributed by atoms with E-state index in [-0.39, 0.29) is 11.6 Å². The first-order valence-electron chi connectivity index (χ1n) is 6.55. The van der Waals surface area contributed by atoms with Gasteiger partial charge in [-0.1, -0.05) is 0 Å². The Morgan fingerprint density at radius 2 is 1.94 bits per heavy atom. The minimum Gasteiger partial charge on any atom is -0.330 e. The molecule has 2 N–H and O–H groups in total. The van der Waals surface area contributed by atoms with Crippen LogP contribution in [-0.4, -0.2) is 24.5 Å². The highest BCUT2D eigenvalue weighted by molar-refractivity contribution is 5.18. The zero-order chi connectivity index (χ0) is 13.0. The van der Waals surface area contributed by atoms with E-state index in [2.05, 4.69) is 4.90 Å². The zero-order valence-electron chi connectivity index (χ0n) is 10.5. The molecule has 100 valence electrons. The van der Waals surface area contributed by atoms with Gasteiger partial charge in [-0.15, -0.1) is 0 Å². The lowest BCUT2D eigenvalue weighted by molar-refractivity contribution is 0.171. The molecule has 0 atom stereocenters. The maximum atomic E-state index is 13.5. The summed E-state index contributed by atoms with van der Waals surface area (Å²) in [7, 11) is 0. The Bertz CT molecular complexity index is 387. The average Bonchev–Trinajstić information content (AvgIpc) is 2.37. The molecule has 18 heavy (non-hydrogen) atoms. The summed E-state index contributed by atoms with van der Waals surface area (Å²) in [5.41, 5.74) is 6.00. The van der Waals surface area contributed by atoms with Gasteiger partial charge in [0.15, 0.2) is 0 Å². The normalized spacial score (nSPS) is 18.2. The third-order valence-corrected chi connectivity index (χ3v) is 3.68. The molecule has 1 fully saturated rings. The summed E-state index contributed by atoms with van der Waals surface area (Å²) in [5, 5.41) is 0. The molecular weight excluding hydrogens is 234 g/mol. The van der Waals surface area contributed by atoms with E-state index in [1.165, 1.54) is 12.1 Å². The SMILES string of the molecule is NCCC1CCN(Cc2cc(F)ccc2F)CC1. The van der Waals surface area contributed by atoms with E-state index in [1.54, 1.807) is 0 Å². The number of nitrogens with two attached hydrogens (primary N) is 1. The summed E-state index contributed by atoms with van der Waals surface area (Å²) in [6.45, 7) is 3.13. The zero-order valence-corrected chi connectivity index (χ0v) is 10.5. The first kappa shape index (κ1) is 13.4. The van der Waals surface area contributed by atoms with E-state index in [4.69, 9.17) is 5.73 Å². The quantitative estimate of drug-likeness (QED) is 0.894. The third kappa shape index (κ3) is 3.50. The highest BCUT2D eigenvalue weighted by Gasteiger charge is 2.19. The summed E-state index contributed by atoms with van der Waals surface area (Å²) in [4.78, 5) is 2.19. The molecule has 4 heteroatoms. The predicted octanol–water partition coefficient (Wildman–Crippen LogP) is 2.53. The average molecular weight is 254 g/mol. The maximum Gasteiger partial charge on any atom is 0.127 e. The van der Waals surface area contributed by atoms with Crippen LogP contribution in [0.25, 0.3) is 0 Å². The lowest BCUT2D eigenvalue weighted by Gasteiger charge is -2.31. The Kier molecular flexibility index (Phi) is 4.66. The number of nitrogens with zero attached hydrogens (tertiary/aromatic N) is 1. The van der Waals surface area contributed by atoms with Crippen molar-refractivity contribution in [3.63, 3.8) is 0 Å². The van der Waals surface area contributed by atoms with Gasteiger partial charge in [0.2, 0.25) is 0 Å². The van der Waals surface area contributed by atoms with Crippen LogP contribution < -0.4 is 5.73 Å². The molecule has 1 heterocycles. The Balaban J connectivity index is 1.89. The Labute approximate surface area is 107 Å². The molecule has 0 saturated carbocycles. The van der Waals surface area contributed by atoms with Crippen molar-refractivity contribution in [1.29, 1.82) is 0 Å². The molecule has 0 unspecified atom stereocenters. The smallest absolute Gasteiger partial charge is 0.127 e. The van der Waals surface area contributed by atoms with E-state index >= 15 is 0 Å². The van der Waals surface area contributed by atoms with Crippen LogP contribution in [0.2, 0.25) is 0 Å². The summed E-state index contributed by atoms with van der Waals surface area (Å²) in [5.74, 6) is 0.00788. The fourth-order valence-electron chi connectivity index (χ4n) is 2.57. The van der Waals surface area contributed by atoms with Gasteiger partial charge in [-0.25, -0.2) is 8.78 Å². The standard InChI is InChI=1S/C14H20F2N2/c15-13-1-2-14(16)12(9-13)10-18-7-4-11(3-6-17)5-8-18/h1-2,9,11H,3-8,10,17H2. The number of halogens is 2. The van der Waals surface area contributed by atoms with E-state index in [0.717, 1.165) is 45.0 Å². The molecule has 0 aliphatic carbocycles. The maximum absolute atomic E-state index is 13.5. The lowest BCUT2D eigenvalue weighted by Crippen LogP contribution is -2.34. The minimum atomic E-state index is -0.371. The Hall–Kier alpha value is -1.00. The number of hydrogen-bond donors (Lipinski definition) is 1. The van der Waals surface area contributed by atoms with E-state index in [0.29, 0.717) is 18.0 Å². The number of hydrogen-bond acceptors (Lipinski definition) is 2. The second-order valence-corrected chi connectivity index (χ2v) is 5.03. The van der Waals surface area contributed by atoms with Gasteiger partial charge in [-0.2, -0.15) is 0 Å². The number of piperidine rings is 1. The fraction of sp³-hybridized carbons (Fsp3) is 0.571. The van der Waals surface area contributed by atoms with Gasteiger partial charge >= 0.3 is 0 Å². The second kappa shape index (κ2) is 6.25.